The lowest BCUT2D eigenvalue weighted by molar-refractivity contribution is -0.291. The van der Waals surface area contributed by atoms with E-state index in [0.717, 1.165) is 25.7 Å². The van der Waals surface area contributed by atoms with Crippen LogP contribution in [-0.2, 0) is 33.3 Å². The van der Waals surface area contributed by atoms with Crippen molar-refractivity contribution in [1.82, 2.24) is 0 Å². The average molecular weight is 374 g/mol. The van der Waals surface area contributed by atoms with Gasteiger partial charge in [0.2, 0.25) is 6.29 Å². The van der Waals surface area contributed by atoms with E-state index in [9.17, 15) is 9.59 Å². The van der Waals surface area contributed by atoms with Crippen molar-refractivity contribution in [3.05, 3.63) is 0 Å². The first-order valence-corrected chi connectivity index (χ1v) is 9.59. The van der Waals surface area contributed by atoms with Gasteiger partial charge in [-0.05, 0) is 12.8 Å². The molecule has 152 valence electrons. The Balaban J connectivity index is 2.89. The summed E-state index contributed by atoms with van der Waals surface area (Å²) in [5.41, 5.74) is 0. The zero-order valence-electron chi connectivity index (χ0n) is 16.7. The Bertz CT molecular complexity index is 426. The van der Waals surface area contributed by atoms with Crippen molar-refractivity contribution in [2.45, 2.75) is 84.9 Å². The van der Waals surface area contributed by atoms with Gasteiger partial charge >= 0.3 is 11.9 Å². The van der Waals surface area contributed by atoms with E-state index in [1.54, 1.807) is 0 Å². The van der Waals surface area contributed by atoms with Gasteiger partial charge < -0.3 is 23.7 Å². The maximum Gasteiger partial charge on any atom is 0.305 e. The molecule has 1 aliphatic heterocycles. The van der Waals surface area contributed by atoms with E-state index in [-0.39, 0.29) is 12.0 Å². The minimum atomic E-state index is -1.00. The summed E-state index contributed by atoms with van der Waals surface area (Å²) in [6, 6.07) is 0. The Labute approximate surface area is 156 Å². The molecule has 26 heavy (non-hydrogen) atoms. The van der Waals surface area contributed by atoms with Crippen LogP contribution in [0.3, 0.4) is 0 Å². The maximum atomic E-state index is 11.6. The average Bonchev–Trinajstić information content (AvgIpc) is 2.57. The molecule has 0 amide bonds. The predicted octanol–water partition coefficient (Wildman–Crippen LogP) is 2.84. The van der Waals surface area contributed by atoms with Gasteiger partial charge in [0.05, 0.1) is 12.7 Å². The minimum absolute atomic E-state index is 0.0790. The number of carbonyl (C=O) groups excluding carboxylic acids is 2. The van der Waals surface area contributed by atoms with Gasteiger partial charge in [-0.25, -0.2) is 0 Å². The number of hydrogen-bond donors (Lipinski definition) is 0. The van der Waals surface area contributed by atoms with Crippen LogP contribution in [-0.4, -0.2) is 56.4 Å². The van der Waals surface area contributed by atoms with E-state index in [0.29, 0.717) is 19.8 Å². The lowest BCUT2D eigenvalue weighted by atomic mass is 9.90. The third kappa shape index (κ3) is 7.60. The smallest absolute Gasteiger partial charge is 0.305 e. The van der Waals surface area contributed by atoms with Gasteiger partial charge in [-0.15, -0.1) is 0 Å². The molecule has 0 aromatic carbocycles. The summed E-state index contributed by atoms with van der Waals surface area (Å²) in [5.74, 6) is -1.05. The Morgan fingerprint density at radius 1 is 0.923 bits per heavy atom. The Kier molecular flexibility index (Phi) is 10.8. The first-order valence-electron chi connectivity index (χ1n) is 9.59. The van der Waals surface area contributed by atoms with E-state index in [1.165, 1.54) is 13.8 Å². The summed E-state index contributed by atoms with van der Waals surface area (Å²) >= 11 is 0. The third-order valence-corrected chi connectivity index (χ3v) is 4.32. The highest BCUT2D eigenvalue weighted by molar-refractivity contribution is 5.67. The van der Waals surface area contributed by atoms with Crippen LogP contribution < -0.4 is 0 Å². The lowest BCUT2D eigenvalue weighted by Gasteiger charge is -2.44. The molecule has 7 nitrogen and oxygen atoms in total. The molecule has 0 aromatic heterocycles. The molecule has 1 saturated heterocycles. The monoisotopic (exact) mass is 374 g/mol. The van der Waals surface area contributed by atoms with E-state index in [4.69, 9.17) is 23.7 Å². The normalized spacial score (nSPS) is 28.6. The van der Waals surface area contributed by atoms with Gasteiger partial charge in [0, 0.05) is 33.0 Å². The summed E-state index contributed by atoms with van der Waals surface area (Å²) in [5, 5.41) is 0. The van der Waals surface area contributed by atoms with Crippen LogP contribution in [0.25, 0.3) is 0 Å². The van der Waals surface area contributed by atoms with Gasteiger partial charge in [-0.2, -0.15) is 0 Å². The molecule has 1 fully saturated rings. The van der Waals surface area contributed by atoms with Crippen LogP contribution in [0.5, 0.6) is 0 Å². The molecule has 0 bridgehead atoms. The molecule has 1 heterocycles. The highest BCUT2D eigenvalue weighted by Crippen LogP contribution is 2.31. The van der Waals surface area contributed by atoms with Gasteiger partial charge in [0.1, 0.15) is 6.10 Å². The number of ether oxygens (including phenoxy) is 5. The Morgan fingerprint density at radius 2 is 1.54 bits per heavy atom. The molecule has 2 unspecified atom stereocenters. The largest absolute Gasteiger partial charge is 0.453 e. The number of unbranched alkanes of at least 4 members (excludes halogenated alkanes) is 2. The quantitative estimate of drug-likeness (QED) is 0.406. The molecule has 0 aromatic rings. The molecule has 0 aliphatic carbocycles. The third-order valence-electron chi connectivity index (χ3n) is 4.32. The summed E-state index contributed by atoms with van der Waals surface area (Å²) in [6.07, 6.45) is 1.38. The van der Waals surface area contributed by atoms with E-state index >= 15 is 0 Å². The maximum absolute atomic E-state index is 11.6. The number of rotatable bonds is 11. The standard InChI is InChI=1S/C19H34O7/c1-6-8-10-22-12-16-13(3)17(23-11-9-7-2)18(24-14(4)20)19(26-16)25-15(5)21/h13,16-19H,6-12H2,1-5H3/t13-,16?,17?,18-,19+/m0/s1. The van der Waals surface area contributed by atoms with Crippen LogP contribution in [0.4, 0.5) is 0 Å². The second-order valence-corrected chi connectivity index (χ2v) is 6.70. The molecule has 1 aliphatic rings. The molecule has 0 radical (unpaired) electrons. The molecule has 1 rings (SSSR count). The van der Waals surface area contributed by atoms with E-state index in [1.807, 2.05) is 6.92 Å². The molecule has 5 atom stereocenters. The van der Waals surface area contributed by atoms with Crippen molar-refractivity contribution in [2.75, 3.05) is 19.8 Å². The van der Waals surface area contributed by atoms with Crippen molar-refractivity contribution in [2.24, 2.45) is 5.92 Å². The predicted molar refractivity (Wildman–Crippen MR) is 95.5 cm³/mol. The van der Waals surface area contributed by atoms with Crippen molar-refractivity contribution < 1.29 is 33.3 Å². The topological polar surface area (TPSA) is 80.3 Å². The van der Waals surface area contributed by atoms with Crippen LogP contribution in [0.15, 0.2) is 0 Å². The molecular formula is C19H34O7. The van der Waals surface area contributed by atoms with Crippen LogP contribution in [0, 0.1) is 5.92 Å². The fourth-order valence-electron chi connectivity index (χ4n) is 2.86. The highest BCUT2D eigenvalue weighted by atomic mass is 16.7. The molecule has 0 saturated carbocycles. The number of hydrogen-bond acceptors (Lipinski definition) is 7. The summed E-state index contributed by atoms with van der Waals surface area (Å²) < 4.78 is 28.3. The van der Waals surface area contributed by atoms with Crippen LogP contribution >= 0.6 is 0 Å². The minimum Gasteiger partial charge on any atom is -0.453 e. The van der Waals surface area contributed by atoms with Gasteiger partial charge in [0.15, 0.2) is 6.10 Å². The van der Waals surface area contributed by atoms with Gasteiger partial charge in [0.25, 0.3) is 0 Å². The summed E-state index contributed by atoms with van der Waals surface area (Å²) in [4.78, 5) is 23.0. The van der Waals surface area contributed by atoms with E-state index in [2.05, 4.69) is 13.8 Å². The van der Waals surface area contributed by atoms with Crippen molar-refractivity contribution in [3.8, 4) is 0 Å². The van der Waals surface area contributed by atoms with Crippen molar-refractivity contribution in [1.29, 1.82) is 0 Å². The zero-order chi connectivity index (χ0) is 19.5. The molecule has 7 heteroatoms. The number of esters is 2. The van der Waals surface area contributed by atoms with E-state index < -0.39 is 30.4 Å². The lowest BCUT2D eigenvalue weighted by Crippen LogP contribution is -2.58. The number of carbonyl (C=O) groups is 2. The van der Waals surface area contributed by atoms with Crippen molar-refractivity contribution in [3.63, 3.8) is 0 Å². The van der Waals surface area contributed by atoms with Gasteiger partial charge in [-0.3, -0.25) is 9.59 Å². The SMILES string of the molecule is CCCCOCC1O[C@@H](OC(C)=O)[C@@H](OC(C)=O)C(OCCCC)[C@H]1C. The van der Waals surface area contributed by atoms with Crippen molar-refractivity contribution >= 4 is 11.9 Å². The second-order valence-electron chi connectivity index (χ2n) is 6.70. The second kappa shape index (κ2) is 12.3. The fraction of sp³-hybridized carbons (Fsp3) is 0.895. The highest BCUT2D eigenvalue weighted by Gasteiger charge is 2.48. The van der Waals surface area contributed by atoms with Crippen LogP contribution in [0.1, 0.15) is 60.3 Å². The molecule has 0 N–H and O–H groups in total. The Morgan fingerprint density at radius 3 is 2.12 bits per heavy atom. The van der Waals surface area contributed by atoms with Crippen LogP contribution in [0.2, 0.25) is 0 Å². The molecular weight excluding hydrogens is 340 g/mol. The zero-order valence-corrected chi connectivity index (χ0v) is 16.7. The summed E-state index contributed by atoms with van der Waals surface area (Å²) in [7, 11) is 0. The Hall–Kier alpha value is -1.18. The summed E-state index contributed by atoms with van der Waals surface area (Å²) in [6.45, 7) is 10.3. The fourth-order valence-corrected chi connectivity index (χ4v) is 2.86. The first-order chi connectivity index (χ1) is 12.4. The molecule has 0 spiro atoms. The van der Waals surface area contributed by atoms with Gasteiger partial charge in [-0.1, -0.05) is 33.6 Å². The first kappa shape index (κ1) is 22.9.